The van der Waals surface area contributed by atoms with Crippen LogP contribution in [0.4, 0.5) is 0 Å². The van der Waals surface area contributed by atoms with E-state index < -0.39 is 0 Å². The molecular formula is C15H14O2S2. The summed E-state index contributed by atoms with van der Waals surface area (Å²) in [7, 11) is 0. The maximum absolute atomic E-state index is 9.85. The standard InChI is InChI=1S/C15H14O2S2/c1-8(2)11-5-10(17)7-14-15(11)19-12-4-3-9(16)6-13(12)18-14/h3-8,16-17H,1-2H3. The van der Waals surface area contributed by atoms with E-state index in [1.165, 1.54) is 10.5 Å². The van der Waals surface area contributed by atoms with Crippen LogP contribution >= 0.6 is 23.5 Å². The summed E-state index contributed by atoms with van der Waals surface area (Å²) in [6, 6.07) is 9.08. The van der Waals surface area contributed by atoms with Gasteiger partial charge in [0.25, 0.3) is 0 Å². The van der Waals surface area contributed by atoms with Crippen molar-refractivity contribution >= 4 is 23.5 Å². The first-order chi connectivity index (χ1) is 9.04. The van der Waals surface area contributed by atoms with E-state index in [4.69, 9.17) is 0 Å². The van der Waals surface area contributed by atoms with Crippen molar-refractivity contribution in [2.45, 2.75) is 39.3 Å². The van der Waals surface area contributed by atoms with Crippen LogP contribution in [-0.4, -0.2) is 10.2 Å². The molecule has 4 heteroatoms. The van der Waals surface area contributed by atoms with E-state index in [0.717, 1.165) is 14.7 Å². The van der Waals surface area contributed by atoms with E-state index in [-0.39, 0.29) is 5.75 Å². The van der Waals surface area contributed by atoms with Gasteiger partial charge in [-0.25, -0.2) is 0 Å². The van der Waals surface area contributed by atoms with Crippen LogP contribution in [0.3, 0.4) is 0 Å². The Labute approximate surface area is 120 Å². The molecule has 0 aliphatic carbocycles. The predicted octanol–water partition coefficient (Wildman–Crippen LogP) is 4.84. The van der Waals surface area contributed by atoms with Gasteiger partial charge in [0.2, 0.25) is 0 Å². The molecule has 1 aliphatic heterocycles. The van der Waals surface area contributed by atoms with E-state index in [0.29, 0.717) is 11.7 Å². The number of phenols is 2. The average Bonchev–Trinajstić information content (AvgIpc) is 2.35. The summed E-state index contributed by atoms with van der Waals surface area (Å²) in [5.74, 6) is 0.950. The van der Waals surface area contributed by atoms with Gasteiger partial charge in [-0.2, -0.15) is 0 Å². The van der Waals surface area contributed by atoms with E-state index in [2.05, 4.69) is 13.8 Å². The minimum atomic E-state index is 0.277. The molecule has 2 aromatic rings. The summed E-state index contributed by atoms with van der Waals surface area (Å²) < 4.78 is 0. The van der Waals surface area contributed by atoms with E-state index in [1.54, 1.807) is 41.7 Å². The first kappa shape index (κ1) is 12.8. The first-order valence-corrected chi connectivity index (χ1v) is 7.73. The Bertz CT molecular complexity index is 651. The van der Waals surface area contributed by atoms with Crippen molar-refractivity contribution in [2.24, 2.45) is 0 Å². The molecule has 0 saturated carbocycles. The molecule has 19 heavy (non-hydrogen) atoms. The second-order valence-electron chi connectivity index (χ2n) is 4.85. The van der Waals surface area contributed by atoms with Crippen LogP contribution in [0.15, 0.2) is 49.9 Å². The van der Waals surface area contributed by atoms with Gasteiger partial charge >= 0.3 is 0 Å². The van der Waals surface area contributed by atoms with Crippen molar-refractivity contribution in [3.8, 4) is 11.5 Å². The molecule has 0 fully saturated rings. The van der Waals surface area contributed by atoms with E-state index in [1.807, 2.05) is 12.1 Å². The van der Waals surface area contributed by atoms with Crippen LogP contribution in [0, 0.1) is 0 Å². The largest absolute Gasteiger partial charge is 0.508 e. The van der Waals surface area contributed by atoms with Crippen molar-refractivity contribution < 1.29 is 10.2 Å². The summed E-state index contributed by atoms with van der Waals surface area (Å²) in [4.78, 5) is 4.48. The van der Waals surface area contributed by atoms with Gasteiger partial charge in [0.15, 0.2) is 0 Å². The quantitative estimate of drug-likeness (QED) is 0.673. The molecule has 1 heterocycles. The van der Waals surface area contributed by atoms with Crippen molar-refractivity contribution in [3.63, 3.8) is 0 Å². The lowest BCUT2D eigenvalue weighted by Crippen LogP contribution is -1.97. The number of rotatable bonds is 1. The third-order valence-electron chi connectivity index (χ3n) is 3.05. The molecule has 98 valence electrons. The monoisotopic (exact) mass is 290 g/mol. The molecule has 0 radical (unpaired) electrons. The highest BCUT2D eigenvalue weighted by atomic mass is 32.2. The Morgan fingerprint density at radius 1 is 0.842 bits per heavy atom. The number of hydrogen-bond acceptors (Lipinski definition) is 4. The fraction of sp³-hybridized carbons (Fsp3) is 0.200. The molecule has 0 amide bonds. The number of hydrogen-bond donors (Lipinski definition) is 2. The summed E-state index contributed by atoms with van der Waals surface area (Å²) in [5.41, 5.74) is 1.17. The van der Waals surface area contributed by atoms with Crippen LogP contribution in [0.2, 0.25) is 0 Å². The van der Waals surface area contributed by atoms with Crippen molar-refractivity contribution in [3.05, 3.63) is 35.9 Å². The van der Waals surface area contributed by atoms with Crippen molar-refractivity contribution in [1.29, 1.82) is 0 Å². The minimum Gasteiger partial charge on any atom is -0.508 e. The Morgan fingerprint density at radius 3 is 2.32 bits per heavy atom. The van der Waals surface area contributed by atoms with E-state index in [9.17, 15) is 10.2 Å². The maximum Gasteiger partial charge on any atom is 0.117 e. The highest BCUT2D eigenvalue weighted by molar-refractivity contribution is 8.05. The van der Waals surface area contributed by atoms with Crippen LogP contribution in [-0.2, 0) is 0 Å². The fourth-order valence-electron chi connectivity index (χ4n) is 2.11. The summed E-state index contributed by atoms with van der Waals surface area (Å²) in [6.45, 7) is 4.26. The second-order valence-corrected chi connectivity index (χ2v) is 6.99. The highest BCUT2D eigenvalue weighted by Gasteiger charge is 2.22. The lowest BCUT2D eigenvalue weighted by Gasteiger charge is -2.22. The zero-order valence-electron chi connectivity index (χ0n) is 10.7. The molecule has 0 spiro atoms. The molecule has 3 rings (SSSR count). The Kier molecular flexibility index (Phi) is 3.15. The van der Waals surface area contributed by atoms with Gasteiger partial charge in [-0.1, -0.05) is 37.4 Å². The Morgan fingerprint density at radius 2 is 1.58 bits per heavy atom. The molecule has 2 nitrogen and oxygen atoms in total. The number of benzene rings is 2. The lowest BCUT2D eigenvalue weighted by molar-refractivity contribution is 0.471. The number of phenolic OH excluding ortho intramolecular Hbond substituents is 2. The van der Waals surface area contributed by atoms with Crippen LogP contribution in [0.5, 0.6) is 11.5 Å². The first-order valence-electron chi connectivity index (χ1n) is 6.10. The van der Waals surface area contributed by atoms with Crippen LogP contribution in [0.25, 0.3) is 0 Å². The van der Waals surface area contributed by atoms with Gasteiger partial charge in [-0.15, -0.1) is 0 Å². The van der Waals surface area contributed by atoms with Crippen molar-refractivity contribution in [1.82, 2.24) is 0 Å². The summed E-state index contributed by atoms with van der Waals surface area (Å²) in [5, 5.41) is 19.4. The molecule has 1 aliphatic rings. The van der Waals surface area contributed by atoms with Gasteiger partial charge < -0.3 is 10.2 Å². The smallest absolute Gasteiger partial charge is 0.117 e. The molecule has 0 atom stereocenters. The van der Waals surface area contributed by atoms with Crippen LogP contribution in [0.1, 0.15) is 25.3 Å². The van der Waals surface area contributed by atoms with Gasteiger partial charge in [-0.3, -0.25) is 0 Å². The average molecular weight is 290 g/mol. The fourth-order valence-corrected chi connectivity index (χ4v) is 4.67. The molecule has 0 saturated heterocycles. The Balaban J connectivity index is 2.14. The van der Waals surface area contributed by atoms with E-state index >= 15 is 0 Å². The molecular weight excluding hydrogens is 276 g/mol. The second kappa shape index (κ2) is 4.69. The van der Waals surface area contributed by atoms with Gasteiger partial charge in [0.05, 0.1) is 0 Å². The maximum atomic E-state index is 9.85. The lowest BCUT2D eigenvalue weighted by atomic mass is 10.0. The molecule has 2 N–H and O–H groups in total. The molecule has 0 bridgehead atoms. The molecule has 0 unspecified atom stereocenters. The Hall–Kier alpha value is -1.26. The van der Waals surface area contributed by atoms with Gasteiger partial charge in [-0.05, 0) is 41.8 Å². The van der Waals surface area contributed by atoms with Gasteiger partial charge in [0.1, 0.15) is 11.5 Å². The molecule has 0 aromatic heterocycles. The molecule has 2 aromatic carbocycles. The SMILES string of the molecule is CC(C)c1cc(O)cc2c1Sc1ccc(O)cc1S2. The predicted molar refractivity (Wildman–Crippen MR) is 78.5 cm³/mol. The third kappa shape index (κ3) is 2.30. The number of fused-ring (bicyclic) bond motifs is 2. The normalized spacial score (nSPS) is 13.2. The highest BCUT2D eigenvalue weighted by Crippen LogP contribution is 2.52. The van der Waals surface area contributed by atoms with Crippen molar-refractivity contribution in [2.75, 3.05) is 0 Å². The third-order valence-corrected chi connectivity index (χ3v) is 5.64. The minimum absolute atomic E-state index is 0.277. The summed E-state index contributed by atoms with van der Waals surface area (Å²) >= 11 is 3.31. The van der Waals surface area contributed by atoms with Gasteiger partial charge in [0, 0.05) is 19.6 Å². The zero-order valence-corrected chi connectivity index (χ0v) is 12.3. The summed E-state index contributed by atoms with van der Waals surface area (Å²) in [6.07, 6.45) is 0. The van der Waals surface area contributed by atoms with Crippen LogP contribution < -0.4 is 0 Å². The topological polar surface area (TPSA) is 40.5 Å². The zero-order chi connectivity index (χ0) is 13.6. The number of aromatic hydroxyl groups is 2.